The van der Waals surface area contributed by atoms with Crippen molar-refractivity contribution in [2.24, 2.45) is 0 Å². The van der Waals surface area contributed by atoms with E-state index < -0.39 is 5.60 Å². The summed E-state index contributed by atoms with van der Waals surface area (Å²) in [5.74, 6) is 0.828. The topological polar surface area (TPSA) is 79.4 Å². The summed E-state index contributed by atoms with van der Waals surface area (Å²) >= 11 is 1.52. The largest absolute Gasteiger partial charge is 0.443 e. The number of fused-ring (bicyclic) bond motifs is 1. The van der Waals surface area contributed by atoms with E-state index in [-0.39, 0.29) is 18.2 Å². The van der Waals surface area contributed by atoms with Gasteiger partial charge in [0.1, 0.15) is 11.4 Å². The lowest BCUT2D eigenvalue weighted by Gasteiger charge is -2.40. The Kier molecular flexibility index (Phi) is 6.88. The molecule has 1 aromatic carbocycles. The van der Waals surface area contributed by atoms with Gasteiger partial charge in [-0.3, -0.25) is 4.90 Å². The average molecular weight is 430 g/mol. The minimum atomic E-state index is -0.534. The van der Waals surface area contributed by atoms with Crippen LogP contribution in [0, 0.1) is 0 Å². The van der Waals surface area contributed by atoms with Gasteiger partial charge in [0, 0.05) is 37.4 Å². The molecule has 162 valence electrons. The molecule has 0 saturated heterocycles. The molecule has 2 aromatic rings. The van der Waals surface area contributed by atoms with Gasteiger partial charge in [-0.05, 0) is 52.0 Å². The van der Waals surface area contributed by atoms with Crippen molar-refractivity contribution in [1.82, 2.24) is 15.3 Å². The zero-order valence-corrected chi connectivity index (χ0v) is 19.3. The lowest BCUT2D eigenvalue weighted by Crippen LogP contribution is -2.47. The van der Waals surface area contributed by atoms with Crippen molar-refractivity contribution in [2.45, 2.75) is 63.5 Å². The summed E-state index contributed by atoms with van der Waals surface area (Å²) in [7, 11) is 1.87. The molecule has 1 aliphatic rings. The molecule has 1 amide bonds. The maximum absolute atomic E-state index is 12.9. The minimum Gasteiger partial charge on any atom is -0.443 e. The predicted octanol–water partition coefficient (Wildman–Crippen LogP) is 4.60. The predicted molar refractivity (Wildman–Crippen MR) is 122 cm³/mol. The van der Waals surface area contributed by atoms with Crippen LogP contribution in [0.1, 0.15) is 51.3 Å². The molecule has 3 rings (SSSR count). The summed E-state index contributed by atoms with van der Waals surface area (Å²) in [4.78, 5) is 23.6. The molecule has 2 N–H and O–H groups in total. The van der Waals surface area contributed by atoms with E-state index in [9.17, 15) is 4.79 Å². The van der Waals surface area contributed by atoms with E-state index in [0.717, 1.165) is 34.2 Å². The first-order valence-corrected chi connectivity index (χ1v) is 11.4. The number of thioether (sulfide) groups is 1. The van der Waals surface area contributed by atoms with Gasteiger partial charge in [-0.2, -0.15) is 0 Å². The zero-order chi connectivity index (χ0) is 21.9. The molecule has 0 saturated carbocycles. The fourth-order valence-electron chi connectivity index (χ4n) is 3.66. The van der Waals surface area contributed by atoms with Crippen molar-refractivity contribution in [3.63, 3.8) is 0 Å². The van der Waals surface area contributed by atoms with Crippen molar-refractivity contribution < 1.29 is 9.53 Å². The minimum absolute atomic E-state index is 0.00568. The highest BCUT2D eigenvalue weighted by molar-refractivity contribution is 7.98. The number of carbonyl (C=O) groups excluding carboxylic acids is 1. The summed E-state index contributed by atoms with van der Waals surface area (Å²) in [5, 5.41) is 7.54. The van der Waals surface area contributed by atoms with Crippen LogP contribution in [0.5, 0.6) is 0 Å². The molecule has 2 atom stereocenters. The smallest absolute Gasteiger partial charge is 0.415 e. The lowest BCUT2D eigenvalue weighted by atomic mass is 9.92. The van der Waals surface area contributed by atoms with Crippen LogP contribution in [0.2, 0.25) is 0 Å². The molecule has 30 heavy (non-hydrogen) atoms. The number of hydrogen-bond donors (Lipinski definition) is 2. The van der Waals surface area contributed by atoms with E-state index in [4.69, 9.17) is 4.74 Å². The van der Waals surface area contributed by atoms with Gasteiger partial charge in [0.05, 0.1) is 5.69 Å². The Morgan fingerprint density at radius 1 is 1.33 bits per heavy atom. The van der Waals surface area contributed by atoms with Crippen LogP contribution in [0.4, 0.5) is 16.3 Å². The van der Waals surface area contributed by atoms with Crippen LogP contribution in [0.15, 0.2) is 35.6 Å². The molecule has 0 bridgehead atoms. The molecule has 2 heterocycles. The highest BCUT2D eigenvalue weighted by Crippen LogP contribution is 2.38. The molecule has 0 radical (unpaired) electrons. The van der Waals surface area contributed by atoms with Gasteiger partial charge in [0.2, 0.25) is 0 Å². The third kappa shape index (κ3) is 5.05. The summed E-state index contributed by atoms with van der Waals surface area (Å²) in [6, 6.07) is 8.14. The maximum atomic E-state index is 12.9. The van der Waals surface area contributed by atoms with E-state index >= 15 is 0 Å². The van der Waals surface area contributed by atoms with Crippen molar-refractivity contribution in [2.75, 3.05) is 23.5 Å². The number of rotatable bonds is 5. The van der Waals surface area contributed by atoms with E-state index in [0.29, 0.717) is 6.54 Å². The Bertz CT molecular complexity index is 899. The second-order valence-corrected chi connectivity index (χ2v) is 9.18. The van der Waals surface area contributed by atoms with E-state index in [1.54, 1.807) is 4.90 Å². The molecule has 1 aliphatic heterocycles. The number of ether oxygens (including phenoxy) is 1. The van der Waals surface area contributed by atoms with Crippen molar-refractivity contribution >= 4 is 29.4 Å². The standard InChI is InChI=1S/C22H31N5O2S/c1-14-11-17(24-12-15-13-25-20(30-6)26-19(15)23-5)16-9-7-8-10-18(16)27(14)21(28)29-22(2,3)4/h7-10,13-14,17,24H,11-12H2,1-6H3,(H,23,25,26)/t14-,17-/m0/s1. The first kappa shape index (κ1) is 22.4. The second kappa shape index (κ2) is 9.22. The number of carbonyl (C=O) groups is 1. The van der Waals surface area contributed by atoms with E-state index in [2.05, 4.69) is 33.6 Å². The van der Waals surface area contributed by atoms with Crippen LogP contribution >= 0.6 is 11.8 Å². The summed E-state index contributed by atoms with van der Waals surface area (Å²) in [6.45, 7) is 8.35. The quantitative estimate of drug-likeness (QED) is 0.531. The van der Waals surface area contributed by atoms with Crippen LogP contribution in [0.3, 0.4) is 0 Å². The number of para-hydroxylation sites is 1. The summed E-state index contributed by atoms with van der Waals surface area (Å²) in [6.07, 6.45) is 4.31. The number of benzene rings is 1. The SMILES string of the molecule is CNc1nc(SC)ncc1CN[C@H]1C[C@H](C)N(C(=O)OC(C)(C)C)c2ccccc21. The van der Waals surface area contributed by atoms with Crippen molar-refractivity contribution in [3.05, 3.63) is 41.6 Å². The lowest BCUT2D eigenvalue weighted by molar-refractivity contribution is 0.0560. The zero-order valence-electron chi connectivity index (χ0n) is 18.5. The van der Waals surface area contributed by atoms with Crippen LogP contribution in [-0.2, 0) is 11.3 Å². The summed E-state index contributed by atoms with van der Waals surface area (Å²) in [5.41, 5.74) is 2.46. The number of anilines is 2. The summed E-state index contributed by atoms with van der Waals surface area (Å²) < 4.78 is 5.66. The fourth-order valence-corrected chi connectivity index (χ4v) is 4.00. The molecular weight excluding hydrogens is 398 g/mol. The normalized spacial score (nSPS) is 18.7. The highest BCUT2D eigenvalue weighted by Gasteiger charge is 2.35. The Balaban J connectivity index is 1.82. The van der Waals surface area contributed by atoms with Gasteiger partial charge >= 0.3 is 6.09 Å². The van der Waals surface area contributed by atoms with Gasteiger partial charge in [-0.25, -0.2) is 14.8 Å². The van der Waals surface area contributed by atoms with Gasteiger partial charge in [0.25, 0.3) is 0 Å². The van der Waals surface area contributed by atoms with E-state index in [1.807, 2.05) is 58.5 Å². The van der Waals surface area contributed by atoms with Crippen LogP contribution < -0.4 is 15.5 Å². The Labute approximate surface area is 183 Å². The molecule has 7 nitrogen and oxygen atoms in total. The van der Waals surface area contributed by atoms with E-state index in [1.165, 1.54) is 11.8 Å². The third-order valence-electron chi connectivity index (χ3n) is 4.98. The second-order valence-electron chi connectivity index (χ2n) is 8.41. The molecule has 1 aromatic heterocycles. The molecule has 0 fully saturated rings. The Morgan fingerprint density at radius 2 is 2.07 bits per heavy atom. The third-order valence-corrected chi connectivity index (χ3v) is 5.54. The van der Waals surface area contributed by atoms with Crippen molar-refractivity contribution in [3.8, 4) is 0 Å². The molecule has 0 aliphatic carbocycles. The number of aromatic nitrogens is 2. The first-order valence-electron chi connectivity index (χ1n) is 10.2. The first-order chi connectivity index (χ1) is 14.2. The van der Waals surface area contributed by atoms with Crippen LogP contribution in [-0.4, -0.2) is 41.0 Å². The average Bonchev–Trinajstić information content (AvgIpc) is 2.70. The number of nitrogens with zero attached hydrogens (tertiary/aromatic N) is 3. The fraction of sp³-hybridized carbons (Fsp3) is 0.500. The van der Waals surface area contributed by atoms with Gasteiger partial charge in [0.15, 0.2) is 5.16 Å². The number of nitrogens with one attached hydrogen (secondary N) is 2. The van der Waals surface area contributed by atoms with Crippen molar-refractivity contribution in [1.29, 1.82) is 0 Å². The molecule has 8 heteroatoms. The molecule has 0 spiro atoms. The number of hydrogen-bond acceptors (Lipinski definition) is 7. The Morgan fingerprint density at radius 3 is 2.73 bits per heavy atom. The Hall–Kier alpha value is -2.32. The maximum Gasteiger partial charge on any atom is 0.415 e. The highest BCUT2D eigenvalue weighted by atomic mass is 32.2. The number of amides is 1. The van der Waals surface area contributed by atoms with Gasteiger partial charge < -0.3 is 15.4 Å². The van der Waals surface area contributed by atoms with Gasteiger partial charge in [-0.15, -0.1) is 0 Å². The molecular formula is C22H31N5O2S. The molecule has 0 unspecified atom stereocenters. The van der Waals surface area contributed by atoms with Gasteiger partial charge in [-0.1, -0.05) is 30.0 Å². The van der Waals surface area contributed by atoms with Crippen LogP contribution in [0.25, 0.3) is 0 Å². The monoisotopic (exact) mass is 429 g/mol.